The minimum Gasteiger partial charge on any atom is -0.323 e. The molecule has 6 aliphatic rings. The van der Waals surface area contributed by atoms with E-state index in [4.69, 9.17) is 23.7 Å². The van der Waals surface area contributed by atoms with Crippen LogP contribution in [-0.4, -0.2) is 30.4 Å². The number of rotatable bonds is 0. The minimum atomic E-state index is -0.519. The highest BCUT2D eigenvalue weighted by molar-refractivity contribution is 5.20. The molecule has 5 heteroatoms. The molecule has 17 heavy (non-hydrogen) atoms. The molecule has 0 aromatic heterocycles. The fraction of sp³-hybridized carbons (Fsp3) is 1.00. The maximum Gasteiger partial charge on any atom is 0.175 e. The summed E-state index contributed by atoms with van der Waals surface area (Å²) in [5, 5.41) is 0. The van der Waals surface area contributed by atoms with E-state index in [1.54, 1.807) is 0 Å². The summed E-state index contributed by atoms with van der Waals surface area (Å²) < 4.78 is 29.8. The van der Waals surface area contributed by atoms with Crippen LogP contribution in [0.15, 0.2) is 0 Å². The van der Waals surface area contributed by atoms with Crippen LogP contribution in [0.5, 0.6) is 0 Å². The normalized spacial score (nSPS) is 80.8. The maximum absolute atomic E-state index is 6.13. The Morgan fingerprint density at radius 3 is 1.76 bits per heavy atom. The molecule has 6 fully saturated rings. The summed E-state index contributed by atoms with van der Waals surface area (Å²) in [5.74, 6) is 1.11. The van der Waals surface area contributed by atoms with Gasteiger partial charge in [-0.05, 0) is 13.8 Å². The van der Waals surface area contributed by atoms with E-state index in [0.29, 0.717) is 29.6 Å². The van der Waals surface area contributed by atoms with Crippen molar-refractivity contribution in [2.24, 2.45) is 29.6 Å². The standard InChI is InChI=1S/C12H14O5/c1-11-6-4-3-5-7(6)12(2,17-11)16-10(5)14-8(3)13-9(4)15-11/h3-10H,1-2H3/t3?,4-,5+,6-,7+,8?,9+,10-,11+,12-. The predicted molar refractivity (Wildman–Crippen MR) is 51.0 cm³/mol. The van der Waals surface area contributed by atoms with Gasteiger partial charge >= 0.3 is 0 Å². The molecule has 1 saturated carbocycles. The van der Waals surface area contributed by atoms with Crippen LogP contribution in [0.2, 0.25) is 0 Å². The molecule has 5 heterocycles. The third-order valence-corrected chi connectivity index (χ3v) is 5.90. The van der Waals surface area contributed by atoms with Gasteiger partial charge in [-0.25, -0.2) is 0 Å². The van der Waals surface area contributed by atoms with Crippen LogP contribution in [0.3, 0.4) is 0 Å². The van der Waals surface area contributed by atoms with E-state index in [9.17, 15) is 0 Å². The SMILES string of the molecule is C[C@]12O[C@@H]3OC4O[C@@H]5O[C@](C)(O1)[C@H]1[C@@H]5C4[C@@H]3[C@H]12. The second-order valence-corrected chi connectivity index (χ2v) is 6.53. The highest BCUT2D eigenvalue weighted by Crippen LogP contribution is 2.75. The Morgan fingerprint density at radius 2 is 1.24 bits per heavy atom. The average molecular weight is 238 g/mol. The Kier molecular flexibility index (Phi) is 1.08. The van der Waals surface area contributed by atoms with Crippen LogP contribution in [0.1, 0.15) is 13.8 Å². The molecule has 6 rings (SSSR count). The van der Waals surface area contributed by atoms with Crippen molar-refractivity contribution in [3.8, 4) is 0 Å². The second-order valence-electron chi connectivity index (χ2n) is 6.53. The molecular formula is C12H14O5. The third kappa shape index (κ3) is 0.655. The molecule has 92 valence electrons. The molecular weight excluding hydrogens is 224 g/mol. The first-order chi connectivity index (χ1) is 8.11. The monoisotopic (exact) mass is 238 g/mol. The van der Waals surface area contributed by atoms with Gasteiger partial charge in [-0.15, -0.1) is 0 Å². The Labute approximate surface area is 98.3 Å². The Balaban J connectivity index is 1.66. The third-order valence-electron chi connectivity index (χ3n) is 5.90. The number of hydrogen-bond acceptors (Lipinski definition) is 5. The van der Waals surface area contributed by atoms with Gasteiger partial charge in [0.15, 0.2) is 30.4 Å². The van der Waals surface area contributed by atoms with Gasteiger partial charge in [-0.1, -0.05) is 0 Å². The highest BCUT2D eigenvalue weighted by atomic mass is 16.9. The first-order valence-electron chi connectivity index (χ1n) is 6.47. The van der Waals surface area contributed by atoms with Crippen LogP contribution < -0.4 is 0 Å². The Morgan fingerprint density at radius 1 is 0.706 bits per heavy atom. The molecule has 1 aliphatic carbocycles. The fourth-order valence-electron chi connectivity index (χ4n) is 5.71. The molecule has 2 unspecified atom stereocenters. The topological polar surface area (TPSA) is 46.2 Å². The van der Waals surface area contributed by atoms with Crippen molar-refractivity contribution in [1.29, 1.82) is 0 Å². The number of ether oxygens (including phenoxy) is 5. The van der Waals surface area contributed by atoms with Crippen molar-refractivity contribution in [1.82, 2.24) is 0 Å². The molecule has 5 nitrogen and oxygen atoms in total. The van der Waals surface area contributed by atoms with E-state index >= 15 is 0 Å². The van der Waals surface area contributed by atoms with Crippen molar-refractivity contribution >= 4 is 0 Å². The van der Waals surface area contributed by atoms with E-state index < -0.39 is 11.6 Å². The quantitative estimate of drug-likeness (QED) is 0.620. The summed E-state index contributed by atoms with van der Waals surface area (Å²) >= 11 is 0. The molecule has 0 bridgehead atoms. The maximum atomic E-state index is 6.13. The van der Waals surface area contributed by atoms with Crippen LogP contribution >= 0.6 is 0 Å². The molecule has 0 radical (unpaired) electrons. The Hall–Kier alpha value is -0.200. The zero-order valence-corrected chi connectivity index (χ0v) is 9.66. The van der Waals surface area contributed by atoms with E-state index in [-0.39, 0.29) is 18.9 Å². The van der Waals surface area contributed by atoms with E-state index in [0.717, 1.165) is 0 Å². The molecule has 5 saturated heterocycles. The fourth-order valence-corrected chi connectivity index (χ4v) is 5.71. The largest absolute Gasteiger partial charge is 0.323 e. The second kappa shape index (κ2) is 2.08. The van der Waals surface area contributed by atoms with Gasteiger partial charge in [0.25, 0.3) is 0 Å². The van der Waals surface area contributed by atoms with Crippen molar-refractivity contribution in [3.63, 3.8) is 0 Å². The van der Waals surface area contributed by atoms with Crippen molar-refractivity contribution in [2.45, 2.75) is 44.3 Å². The number of hydrogen-bond donors (Lipinski definition) is 0. The van der Waals surface area contributed by atoms with E-state index in [1.807, 2.05) is 13.8 Å². The minimum absolute atomic E-state index is 0.111. The van der Waals surface area contributed by atoms with Crippen LogP contribution in [0.4, 0.5) is 0 Å². The zero-order valence-electron chi connectivity index (χ0n) is 9.66. The molecule has 0 aromatic carbocycles. The van der Waals surface area contributed by atoms with Gasteiger partial charge in [-0.2, -0.15) is 0 Å². The van der Waals surface area contributed by atoms with Gasteiger partial charge in [0, 0.05) is 29.6 Å². The molecule has 10 atom stereocenters. The smallest absolute Gasteiger partial charge is 0.175 e. The van der Waals surface area contributed by atoms with E-state index in [1.165, 1.54) is 0 Å². The van der Waals surface area contributed by atoms with Gasteiger partial charge in [0.2, 0.25) is 0 Å². The van der Waals surface area contributed by atoms with Crippen molar-refractivity contribution < 1.29 is 23.7 Å². The van der Waals surface area contributed by atoms with Crippen molar-refractivity contribution in [2.75, 3.05) is 0 Å². The lowest BCUT2D eigenvalue weighted by Crippen LogP contribution is -2.39. The van der Waals surface area contributed by atoms with E-state index in [2.05, 4.69) is 0 Å². The first-order valence-corrected chi connectivity index (χ1v) is 6.47. The molecule has 0 N–H and O–H groups in total. The van der Waals surface area contributed by atoms with Gasteiger partial charge < -0.3 is 23.7 Å². The molecule has 5 aliphatic heterocycles. The molecule has 0 spiro atoms. The zero-order chi connectivity index (χ0) is 11.2. The van der Waals surface area contributed by atoms with Crippen LogP contribution in [-0.2, 0) is 23.7 Å². The summed E-state index contributed by atoms with van der Waals surface area (Å²) in [7, 11) is 0. The van der Waals surface area contributed by atoms with Crippen LogP contribution in [0.25, 0.3) is 0 Å². The van der Waals surface area contributed by atoms with Gasteiger partial charge in [0.05, 0.1) is 0 Å². The summed E-state index contributed by atoms with van der Waals surface area (Å²) in [6.45, 7) is 4.08. The van der Waals surface area contributed by atoms with Gasteiger partial charge in [-0.3, -0.25) is 0 Å². The summed E-state index contributed by atoms with van der Waals surface area (Å²) in [5.41, 5.74) is 0. The lowest BCUT2D eigenvalue weighted by atomic mass is 9.83. The highest BCUT2D eigenvalue weighted by Gasteiger charge is 2.85. The predicted octanol–water partition coefficient (Wildman–Crippen LogP) is 0.643. The Bertz CT molecular complexity index is 416. The summed E-state index contributed by atoms with van der Waals surface area (Å²) in [6.07, 6.45) is -0.369. The lowest BCUT2D eigenvalue weighted by molar-refractivity contribution is -0.377. The van der Waals surface area contributed by atoms with Crippen LogP contribution in [0, 0.1) is 29.6 Å². The van der Waals surface area contributed by atoms with Crippen molar-refractivity contribution in [3.05, 3.63) is 0 Å². The van der Waals surface area contributed by atoms with Gasteiger partial charge in [0.1, 0.15) is 0 Å². The summed E-state index contributed by atoms with van der Waals surface area (Å²) in [4.78, 5) is 0. The summed E-state index contributed by atoms with van der Waals surface area (Å²) in [6, 6.07) is 0. The first kappa shape index (κ1) is 8.82. The lowest BCUT2D eigenvalue weighted by Gasteiger charge is -2.31. The average Bonchev–Trinajstić information content (AvgIpc) is 2.90. The molecule has 0 amide bonds. The molecule has 0 aromatic rings.